The number of aryl methyl sites for hydroxylation is 1. The zero-order chi connectivity index (χ0) is 14.5. The zero-order valence-electron chi connectivity index (χ0n) is 12.4. The number of nitrogen functional groups attached to an aromatic ring is 1. The third-order valence-electron chi connectivity index (χ3n) is 3.23. The number of nitrogens with zero attached hydrogens (tertiary/aromatic N) is 5. The molecule has 6 nitrogen and oxygen atoms in total. The maximum Gasteiger partial charge on any atom is 0.222 e. The van der Waals surface area contributed by atoms with Crippen molar-refractivity contribution < 1.29 is 0 Å². The molecule has 0 bridgehead atoms. The van der Waals surface area contributed by atoms with E-state index in [-0.39, 0.29) is 0 Å². The standard InChI is InChI=1S/C14H22N6/c1-4-9-20-12(7-8-16-20)11-10-13(18-14(15)17-11)19(5-2)6-3/h7-8,10H,4-6,9H2,1-3H3,(H2,15,17,18). The van der Waals surface area contributed by atoms with Crippen molar-refractivity contribution in [2.24, 2.45) is 0 Å². The third-order valence-corrected chi connectivity index (χ3v) is 3.23. The van der Waals surface area contributed by atoms with E-state index in [0.717, 1.165) is 43.3 Å². The first-order chi connectivity index (χ1) is 9.69. The molecule has 2 aromatic rings. The summed E-state index contributed by atoms with van der Waals surface area (Å²) in [7, 11) is 0. The Balaban J connectivity index is 2.43. The van der Waals surface area contributed by atoms with Gasteiger partial charge in [0.25, 0.3) is 0 Å². The summed E-state index contributed by atoms with van der Waals surface area (Å²) in [6.45, 7) is 8.97. The first kappa shape index (κ1) is 14.3. The van der Waals surface area contributed by atoms with Crippen molar-refractivity contribution in [3.05, 3.63) is 18.3 Å². The van der Waals surface area contributed by atoms with Crippen molar-refractivity contribution in [3.8, 4) is 11.4 Å². The summed E-state index contributed by atoms with van der Waals surface area (Å²) in [4.78, 5) is 10.8. The Bertz CT molecular complexity index is 559. The highest BCUT2D eigenvalue weighted by molar-refractivity contribution is 5.61. The molecule has 2 rings (SSSR count). The highest BCUT2D eigenvalue weighted by Crippen LogP contribution is 2.22. The Morgan fingerprint density at radius 3 is 2.60 bits per heavy atom. The largest absolute Gasteiger partial charge is 0.368 e. The predicted octanol–water partition coefficient (Wildman–Crippen LogP) is 2.18. The van der Waals surface area contributed by atoms with Crippen LogP contribution in [0, 0.1) is 0 Å². The average molecular weight is 274 g/mol. The van der Waals surface area contributed by atoms with Gasteiger partial charge in [0.1, 0.15) is 5.82 Å². The van der Waals surface area contributed by atoms with Crippen LogP contribution < -0.4 is 10.6 Å². The summed E-state index contributed by atoms with van der Waals surface area (Å²) in [6.07, 6.45) is 2.82. The summed E-state index contributed by atoms with van der Waals surface area (Å²) in [5, 5.41) is 4.33. The summed E-state index contributed by atoms with van der Waals surface area (Å²) >= 11 is 0. The van der Waals surface area contributed by atoms with Gasteiger partial charge in [-0.15, -0.1) is 0 Å². The van der Waals surface area contributed by atoms with E-state index in [1.54, 1.807) is 6.20 Å². The van der Waals surface area contributed by atoms with Gasteiger partial charge in [-0.25, -0.2) is 4.98 Å². The molecule has 0 unspecified atom stereocenters. The number of anilines is 2. The van der Waals surface area contributed by atoms with Gasteiger partial charge >= 0.3 is 0 Å². The molecule has 108 valence electrons. The number of hydrogen-bond donors (Lipinski definition) is 1. The molecule has 2 N–H and O–H groups in total. The first-order valence-corrected chi connectivity index (χ1v) is 7.11. The lowest BCUT2D eigenvalue weighted by Crippen LogP contribution is -2.23. The summed E-state index contributed by atoms with van der Waals surface area (Å²) < 4.78 is 1.95. The third kappa shape index (κ3) is 2.89. The van der Waals surface area contributed by atoms with Crippen molar-refractivity contribution in [1.82, 2.24) is 19.7 Å². The molecule has 0 radical (unpaired) electrons. The molecule has 20 heavy (non-hydrogen) atoms. The predicted molar refractivity (Wildman–Crippen MR) is 81.5 cm³/mol. The van der Waals surface area contributed by atoms with Crippen molar-refractivity contribution in [2.45, 2.75) is 33.7 Å². The molecule has 0 aliphatic carbocycles. The van der Waals surface area contributed by atoms with E-state index >= 15 is 0 Å². The van der Waals surface area contributed by atoms with Gasteiger partial charge in [-0.2, -0.15) is 10.1 Å². The van der Waals surface area contributed by atoms with Gasteiger partial charge in [-0.05, 0) is 26.3 Å². The van der Waals surface area contributed by atoms with Crippen LogP contribution in [-0.4, -0.2) is 32.8 Å². The summed E-state index contributed by atoms with van der Waals surface area (Å²) in [6, 6.07) is 3.94. The van der Waals surface area contributed by atoms with Gasteiger partial charge in [0.15, 0.2) is 0 Å². The van der Waals surface area contributed by atoms with Gasteiger partial charge < -0.3 is 10.6 Å². The molecule has 6 heteroatoms. The van der Waals surface area contributed by atoms with Crippen LogP contribution in [0.4, 0.5) is 11.8 Å². The molecule has 0 saturated carbocycles. The van der Waals surface area contributed by atoms with E-state index < -0.39 is 0 Å². The van der Waals surface area contributed by atoms with Gasteiger partial charge in [-0.1, -0.05) is 6.92 Å². The molecule has 2 heterocycles. The van der Waals surface area contributed by atoms with Gasteiger partial charge in [-0.3, -0.25) is 4.68 Å². The maximum absolute atomic E-state index is 5.86. The topological polar surface area (TPSA) is 72.9 Å². The molecule has 0 fully saturated rings. The monoisotopic (exact) mass is 274 g/mol. The fourth-order valence-electron chi connectivity index (χ4n) is 2.23. The summed E-state index contributed by atoms with van der Waals surface area (Å²) in [5.41, 5.74) is 7.66. The molecule has 0 amide bonds. The fraction of sp³-hybridized carbons (Fsp3) is 0.500. The Hall–Kier alpha value is -2.11. The van der Waals surface area contributed by atoms with E-state index in [2.05, 4.69) is 40.7 Å². The van der Waals surface area contributed by atoms with Gasteiger partial charge in [0, 0.05) is 31.9 Å². The lowest BCUT2D eigenvalue weighted by atomic mass is 10.2. The average Bonchev–Trinajstić information content (AvgIpc) is 2.88. The minimum absolute atomic E-state index is 0.300. The lowest BCUT2D eigenvalue weighted by molar-refractivity contribution is 0.608. The minimum atomic E-state index is 0.300. The Morgan fingerprint density at radius 1 is 1.20 bits per heavy atom. The van der Waals surface area contributed by atoms with Crippen molar-refractivity contribution in [2.75, 3.05) is 23.7 Å². The second-order valence-electron chi connectivity index (χ2n) is 4.58. The second kappa shape index (κ2) is 6.36. The number of hydrogen-bond acceptors (Lipinski definition) is 5. The lowest BCUT2D eigenvalue weighted by Gasteiger charge is -2.20. The first-order valence-electron chi connectivity index (χ1n) is 7.11. The van der Waals surface area contributed by atoms with Crippen LogP contribution in [0.2, 0.25) is 0 Å². The molecular formula is C14H22N6. The Morgan fingerprint density at radius 2 is 1.95 bits per heavy atom. The van der Waals surface area contributed by atoms with E-state index in [1.165, 1.54) is 0 Å². The SMILES string of the molecule is CCCn1nccc1-c1cc(N(CC)CC)nc(N)n1. The molecule has 0 aliphatic rings. The van der Waals surface area contributed by atoms with Crippen LogP contribution in [0.3, 0.4) is 0 Å². The molecule has 0 aliphatic heterocycles. The van der Waals surface area contributed by atoms with Crippen LogP contribution >= 0.6 is 0 Å². The molecule has 0 spiro atoms. The highest BCUT2D eigenvalue weighted by atomic mass is 15.3. The molecule has 2 aromatic heterocycles. The number of nitrogens with two attached hydrogens (primary N) is 1. The van der Waals surface area contributed by atoms with E-state index in [0.29, 0.717) is 5.95 Å². The van der Waals surface area contributed by atoms with E-state index in [4.69, 9.17) is 5.73 Å². The molecule has 0 atom stereocenters. The van der Waals surface area contributed by atoms with Crippen LogP contribution in [0.1, 0.15) is 27.2 Å². The van der Waals surface area contributed by atoms with Crippen molar-refractivity contribution in [1.29, 1.82) is 0 Å². The number of rotatable bonds is 6. The van der Waals surface area contributed by atoms with Gasteiger partial charge in [0.05, 0.1) is 11.4 Å². The second-order valence-corrected chi connectivity index (χ2v) is 4.58. The number of aromatic nitrogens is 4. The molecule has 0 aromatic carbocycles. The van der Waals surface area contributed by atoms with Crippen LogP contribution in [0.15, 0.2) is 18.3 Å². The van der Waals surface area contributed by atoms with E-state index in [9.17, 15) is 0 Å². The Labute approximate surface area is 119 Å². The minimum Gasteiger partial charge on any atom is -0.368 e. The van der Waals surface area contributed by atoms with Gasteiger partial charge in [0.2, 0.25) is 5.95 Å². The normalized spacial score (nSPS) is 10.8. The molecular weight excluding hydrogens is 252 g/mol. The summed E-state index contributed by atoms with van der Waals surface area (Å²) in [5.74, 6) is 1.16. The highest BCUT2D eigenvalue weighted by Gasteiger charge is 2.12. The van der Waals surface area contributed by atoms with Crippen LogP contribution in [0.5, 0.6) is 0 Å². The zero-order valence-corrected chi connectivity index (χ0v) is 12.4. The Kier molecular flexibility index (Phi) is 4.55. The smallest absolute Gasteiger partial charge is 0.222 e. The molecule has 0 saturated heterocycles. The fourth-order valence-corrected chi connectivity index (χ4v) is 2.23. The van der Waals surface area contributed by atoms with Crippen molar-refractivity contribution in [3.63, 3.8) is 0 Å². The van der Waals surface area contributed by atoms with Crippen molar-refractivity contribution >= 4 is 11.8 Å². The van der Waals surface area contributed by atoms with Crippen LogP contribution in [-0.2, 0) is 6.54 Å². The maximum atomic E-state index is 5.86. The van der Waals surface area contributed by atoms with E-state index in [1.807, 2.05) is 16.8 Å². The van der Waals surface area contributed by atoms with Crippen LogP contribution in [0.25, 0.3) is 11.4 Å². The quantitative estimate of drug-likeness (QED) is 0.874.